The van der Waals surface area contributed by atoms with E-state index in [4.69, 9.17) is 5.73 Å². The van der Waals surface area contributed by atoms with E-state index in [-0.39, 0.29) is 16.5 Å². The van der Waals surface area contributed by atoms with Crippen LogP contribution in [-0.4, -0.2) is 55.2 Å². The number of hydrogen-bond donors (Lipinski definition) is 3. The van der Waals surface area contributed by atoms with Gasteiger partial charge in [-0.3, -0.25) is 4.90 Å². The van der Waals surface area contributed by atoms with Crippen molar-refractivity contribution in [2.45, 2.75) is 355 Å². The minimum atomic E-state index is 0.0325. The summed E-state index contributed by atoms with van der Waals surface area (Å²) in [5.74, 6) is 0. The number of nitrogens with zero attached hydrogens (tertiary/aromatic N) is 1. The number of rotatable bonds is 56. The minimum absolute atomic E-state index is 0.0325. The molecule has 0 atom stereocenters. The summed E-state index contributed by atoms with van der Waals surface area (Å²) in [6.45, 7) is 26.7. The molecule has 0 rings (SSSR count). The number of nitrogens with two attached hydrogens (primary N) is 1. The third kappa shape index (κ3) is 35.0. The van der Waals surface area contributed by atoms with Gasteiger partial charge in [-0.1, -0.05) is 286 Å². The molecule has 0 unspecified atom stereocenters. The Morgan fingerprint density at radius 3 is 0.909 bits per heavy atom. The molecule has 0 aliphatic heterocycles. The molecule has 0 bridgehead atoms. The molecule has 0 aliphatic carbocycles. The maximum absolute atomic E-state index is 5.77. The van der Waals surface area contributed by atoms with Crippen molar-refractivity contribution < 1.29 is 0 Å². The number of hydrogen-bond acceptors (Lipinski definition) is 4. The Hall–Kier alpha value is -0.160. The SMILES string of the molecule is CCCCCCCCCCCCN(CCCCCCCCCCCC)C(CCCCCCCCCCCC)(CCCCCCCCCCCC)C(C)(C)C(C)(C)NCCCCNCCCN. The van der Waals surface area contributed by atoms with Gasteiger partial charge in [0.2, 0.25) is 0 Å². The summed E-state index contributed by atoms with van der Waals surface area (Å²) < 4.78 is 0. The summed E-state index contributed by atoms with van der Waals surface area (Å²) in [5, 5.41) is 7.92. The molecule has 4 nitrogen and oxygen atoms in total. The van der Waals surface area contributed by atoms with Crippen molar-refractivity contribution >= 4 is 0 Å². The number of nitrogens with one attached hydrogen (secondary N) is 2. The smallest absolute Gasteiger partial charge is 0.0277 e. The predicted octanol–water partition coefficient (Wildman–Crippen LogP) is 19.6. The first kappa shape index (κ1) is 65.8. The number of unbranched alkanes of at least 4 members (excludes halogenated alkanes) is 37. The lowest BCUT2D eigenvalue weighted by molar-refractivity contribution is -0.0801. The summed E-state index contributed by atoms with van der Waals surface area (Å²) in [6, 6.07) is 0. The van der Waals surface area contributed by atoms with E-state index in [9.17, 15) is 0 Å². The Balaban J connectivity index is 6.43. The van der Waals surface area contributed by atoms with Crippen molar-refractivity contribution in [2.24, 2.45) is 11.1 Å². The molecule has 4 heteroatoms. The highest BCUT2D eigenvalue weighted by Gasteiger charge is 2.54. The fourth-order valence-corrected chi connectivity index (χ4v) is 11.3. The van der Waals surface area contributed by atoms with Crippen LogP contribution in [0.4, 0.5) is 0 Å². The molecular formula is C62H130N4. The first-order valence-electron chi connectivity index (χ1n) is 31.1. The monoisotopic (exact) mass is 931 g/mol. The van der Waals surface area contributed by atoms with E-state index in [1.165, 1.54) is 296 Å². The molecule has 0 fully saturated rings. The van der Waals surface area contributed by atoms with Crippen molar-refractivity contribution in [3.63, 3.8) is 0 Å². The lowest BCUT2D eigenvalue weighted by atomic mass is 9.57. The Kier molecular flexibility index (Phi) is 48.3. The Morgan fingerprint density at radius 2 is 0.591 bits per heavy atom. The summed E-state index contributed by atoms with van der Waals surface area (Å²) in [5.41, 5.74) is 6.12. The fourth-order valence-electron chi connectivity index (χ4n) is 11.3. The highest BCUT2D eigenvalue weighted by atomic mass is 15.2. The molecular weight excluding hydrogens is 801 g/mol. The van der Waals surface area contributed by atoms with E-state index < -0.39 is 0 Å². The first-order chi connectivity index (χ1) is 32.2. The zero-order chi connectivity index (χ0) is 48.6. The molecule has 0 amide bonds. The molecule has 0 saturated carbocycles. The lowest BCUT2D eigenvalue weighted by Gasteiger charge is -2.61. The zero-order valence-electron chi connectivity index (χ0n) is 47.6. The van der Waals surface area contributed by atoms with Gasteiger partial charge in [0, 0.05) is 16.5 Å². The van der Waals surface area contributed by atoms with Gasteiger partial charge in [-0.25, -0.2) is 0 Å². The van der Waals surface area contributed by atoms with Crippen LogP contribution in [0, 0.1) is 5.41 Å². The van der Waals surface area contributed by atoms with Gasteiger partial charge in [0.15, 0.2) is 0 Å². The highest BCUT2D eigenvalue weighted by Crippen LogP contribution is 2.51. The molecule has 0 radical (unpaired) electrons. The Labute approximate surface area is 419 Å². The molecule has 0 heterocycles. The molecule has 0 spiro atoms. The van der Waals surface area contributed by atoms with Gasteiger partial charge >= 0.3 is 0 Å². The zero-order valence-corrected chi connectivity index (χ0v) is 47.6. The van der Waals surface area contributed by atoms with Gasteiger partial charge in [-0.15, -0.1) is 0 Å². The van der Waals surface area contributed by atoms with Crippen molar-refractivity contribution in [1.82, 2.24) is 15.5 Å². The minimum Gasteiger partial charge on any atom is -0.330 e. The molecule has 4 N–H and O–H groups in total. The van der Waals surface area contributed by atoms with Crippen molar-refractivity contribution in [1.29, 1.82) is 0 Å². The van der Waals surface area contributed by atoms with Gasteiger partial charge in [0.25, 0.3) is 0 Å². The van der Waals surface area contributed by atoms with Crippen LogP contribution in [0.15, 0.2) is 0 Å². The Morgan fingerprint density at radius 1 is 0.318 bits per heavy atom. The van der Waals surface area contributed by atoms with Gasteiger partial charge in [0.05, 0.1) is 0 Å². The fraction of sp³-hybridized carbons (Fsp3) is 1.00. The van der Waals surface area contributed by atoms with Gasteiger partial charge in [0.1, 0.15) is 0 Å². The summed E-state index contributed by atoms with van der Waals surface area (Å²) in [7, 11) is 0. The second-order valence-corrected chi connectivity index (χ2v) is 23.0. The molecule has 0 saturated heterocycles. The summed E-state index contributed by atoms with van der Waals surface area (Å²) >= 11 is 0. The topological polar surface area (TPSA) is 53.3 Å². The van der Waals surface area contributed by atoms with Crippen LogP contribution in [0.1, 0.15) is 344 Å². The van der Waals surface area contributed by atoms with Crippen LogP contribution >= 0.6 is 0 Å². The van der Waals surface area contributed by atoms with Gasteiger partial charge in [-0.05, 0) is 98.1 Å². The van der Waals surface area contributed by atoms with E-state index >= 15 is 0 Å². The maximum atomic E-state index is 5.77. The molecule has 0 aromatic rings. The van der Waals surface area contributed by atoms with Crippen LogP contribution in [0.2, 0.25) is 0 Å². The van der Waals surface area contributed by atoms with Crippen molar-refractivity contribution in [2.75, 3.05) is 39.3 Å². The average molecular weight is 932 g/mol. The third-order valence-electron chi connectivity index (χ3n) is 16.7. The van der Waals surface area contributed by atoms with Crippen LogP contribution in [0.5, 0.6) is 0 Å². The lowest BCUT2D eigenvalue weighted by Crippen LogP contribution is -2.68. The van der Waals surface area contributed by atoms with Gasteiger partial charge in [-0.2, -0.15) is 0 Å². The van der Waals surface area contributed by atoms with Crippen LogP contribution in [0.3, 0.4) is 0 Å². The average Bonchev–Trinajstić information content (AvgIpc) is 3.30. The second kappa shape index (κ2) is 48.5. The van der Waals surface area contributed by atoms with E-state index in [1.54, 1.807) is 0 Å². The quantitative estimate of drug-likeness (QED) is 0.0532. The summed E-state index contributed by atoms with van der Waals surface area (Å²) in [4.78, 5) is 3.22. The van der Waals surface area contributed by atoms with E-state index in [1.807, 2.05) is 0 Å². The van der Waals surface area contributed by atoms with Crippen LogP contribution in [-0.2, 0) is 0 Å². The largest absolute Gasteiger partial charge is 0.330 e. The normalized spacial score (nSPS) is 12.6. The third-order valence-corrected chi connectivity index (χ3v) is 16.7. The maximum Gasteiger partial charge on any atom is 0.0277 e. The standard InChI is InChI=1S/C62H130N4/c1-9-13-17-21-25-29-33-37-41-45-52-62(53-46-42-38-34-30-26-22-18-14-10-2,60(5,6)61(7,8)65-57-48-47-55-64-56-51-54-63)66(58-49-43-39-35-31-27-23-19-15-11-3)59-50-44-40-36-32-28-24-20-16-12-4/h64-65H,9-59,63H2,1-8H3. The van der Waals surface area contributed by atoms with Gasteiger partial charge < -0.3 is 16.4 Å². The molecule has 0 aliphatic rings. The first-order valence-corrected chi connectivity index (χ1v) is 31.1. The second-order valence-electron chi connectivity index (χ2n) is 23.0. The molecule has 0 aromatic heterocycles. The molecule has 398 valence electrons. The van der Waals surface area contributed by atoms with Crippen molar-refractivity contribution in [3.05, 3.63) is 0 Å². The van der Waals surface area contributed by atoms with E-state index in [0.29, 0.717) is 0 Å². The molecule has 66 heavy (non-hydrogen) atoms. The molecule has 0 aromatic carbocycles. The van der Waals surface area contributed by atoms with Crippen LogP contribution in [0.25, 0.3) is 0 Å². The van der Waals surface area contributed by atoms with E-state index in [2.05, 4.69) is 70.9 Å². The Bertz CT molecular complexity index is 883. The summed E-state index contributed by atoms with van der Waals surface area (Å²) in [6.07, 6.45) is 63.3. The highest BCUT2D eigenvalue weighted by molar-refractivity contribution is 5.11. The van der Waals surface area contributed by atoms with Crippen molar-refractivity contribution in [3.8, 4) is 0 Å². The predicted molar refractivity (Wildman–Crippen MR) is 303 cm³/mol. The van der Waals surface area contributed by atoms with Crippen LogP contribution < -0.4 is 16.4 Å². The van der Waals surface area contributed by atoms with E-state index in [0.717, 1.165) is 32.6 Å².